The summed E-state index contributed by atoms with van der Waals surface area (Å²) in [6.07, 6.45) is 41.0. The van der Waals surface area contributed by atoms with E-state index in [1.807, 2.05) is 0 Å². The molecule has 0 radical (unpaired) electrons. The maximum atomic E-state index is 13.0. The molecule has 0 aliphatic carbocycles. The van der Waals surface area contributed by atoms with E-state index in [1.165, 1.54) is 116 Å². The molecule has 0 saturated heterocycles. The lowest BCUT2D eigenvalue weighted by molar-refractivity contribution is -0.161. The molecule has 7 atom stereocenters. The molecule has 0 heterocycles. The van der Waals surface area contributed by atoms with E-state index in [2.05, 4.69) is 41.5 Å². The predicted octanol–water partition coefficient (Wildman–Crippen LogP) is 18.0. The Morgan fingerprint density at radius 3 is 0.845 bits per heavy atom. The number of ether oxygens (including phenoxy) is 4. The summed E-state index contributed by atoms with van der Waals surface area (Å²) in [5, 5.41) is 10.5. The number of hydrogen-bond donors (Lipinski definition) is 3. The van der Waals surface area contributed by atoms with E-state index in [1.54, 1.807) is 0 Å². The molecule has 0 aliphatic heterocycles. The van der Waals surface area contributed by atoms with Crippen LogP contribution in [0.2, 0.25) is 0 Å². The summed E-state index contributed by atoms with van der Waals surface area (Å²) in [4.78, 5) is 71.8. The van der Waals surface area contributed by atoms with Crippen molar-refractivity contribution in [1.82, 2.24) is 0 Å². The minimum absolute atomic E-state index is 0.103. The van der Waals surface area contributed by atoms with Crippen molar-refractivity contribution in [3.05, 3.63) is 0 Å². The fourth-order valence-electron chi connectivity index (χ4n) is 9.64. The van der Waals surface area contributed by atoms with Gasteiger partial charge in [-0.15, -0.1) is 0 Å². The molecule has 19 heteroatoms. The summed E-state index contributed by atoms with van der Waals surface area (Å²) in [5.74, 6) is -0.549. The lowest BCUT2D eigenvalue weighted by Crippen LogP contribution is -2.30. The van der Waals surface area contributed by atoms with Crippen LogP contribution in [0, 0.1) is 11.8 Å². The van der Waals surface area contributed by atoms with Gasteiger partial charge in [-0.1, -0.05) is 273 Å². The molecule has 4 unspecified atom stereocenters. The maximum absolute atomic E-state index is 13.0. The standard InChI is InChI=1S/C65H126O17P2/c1-7-11-13-15-28-37-43-49-64(69)81-60(53-75-62(67)47-41-33-14-12-8-2)55-79-83(71,72)77-51-59(66)52-78-84(73,74)80-56-61(54-76-63(68)48-42-36-32-31-35-40-46-58(6)10-4)82-65(70)50-44-38-30-27-25-23-21-19-17-16-18-20-22-24-26-29-34-39-45-57(5)9-3/h57-61,66H,7-56H2,1-6H3,(H,71,72)(H,73,74)/t57?,58?,59-,60+,61+/m0/s1. The number of aliphatic hydroxyl groups is 1. The third-order valence-electron chi connectivity index (χ3n) is 15.7. The second-order valence-electron chi connectivity index (χ2n) is 24.0. The van der Waals surface area contributed by atoms with E-state index >= 15 is 0 Å². The van der Waals surface area contributed by atoms with Crippen LogP contribution in [0.15, 0.2) is 0 Å². The topological polar surface area (TPSA) is 237 Å². The van der Waals surface area contributed by atoms with Crippen molar-refractivity contribution < 1.29 is 80.2 Å². The second kappa shape index (κ2) is 57.5. The van der Waals surface area contributed by atoms with Crippen LogP contribution >= 0.6 is 15.6 Å². The van der Waals surface area contributed by atoms with Crippen LogP contribution in [0.3, 0.4) is 0 Å². The highest BCUT2D eigenvalue weighted by Crippen LogP contribution is 2.45. The molecule has 0 aromatic rings. The molecule has 0 rings (SSSR count). The van der Waals surface area contributed by atoms with Gasteiger partial charge in [0.1, 0.15) is 19.3 Å². The number of phosphoric ester groups is 2. The number of esters is 4. The molecule has 0 aromatic carbocycles. The summed E-state index contributed by atoms with van der Waals surface area (Å²) in [6, 6.07) is 0. The number of unbranched alkanes of at least 4 members (excludes halogenated alkanes) is 32. The van der Waals surface area contributed by atoms with E-state index in [-0.39, 0.29) is 25.7 Å². The first-order valence-corrected chi connectivity index (χ1v) is 37.1. The fourth-order valence-corrected chi connectivity index (χ4v) is 11.2. The number of phosphoric acid groups is 2. The zero-order valence-corrected chi connectivity index (χ0v) is 56.0. The predicted molar refractivity (Wildman–Crippen MR) is 335 cm³/mol. The largest absolute Gasteiger partial charge is 0.472 e. The van der Waals surface area contributed by atoms with Crippen molar-refractivity contribution in [1.29, 1.82) is 0 Å². The molecular weight excluding hydrogens is 1110 g/mol. The molecular formula is C65H126O17P2. The number of carbonyl (C=O) groups is 4. The SMILES string of the molecule is CCCCCCCCCC(=O)O[C@H](COC(=O)CCCCCCC)COP(=O)(O)OC[C@H](O)COP(=O)(O)OC[C@@H](COC(=O)CCCCCCCCC(C)CC)OC(=O)CCCCCCCCCCCCCCCCCCCCC(C)CC. The minimum Gasteiger partial charge on any atom is -0.462 e. The van der Waals surface area contributed by atoms with E-state index in [0.29, 0.717) is 25.7 Å². The summed E-state index contributed by atoms with van der Waals surface area (Å²) in [6.45, 7) is 9.39. The molecule has 498 valence electrons. The van der Waals surface area contributed by atoms with Crippen LogP contribution in [0.25, 0.3) is 0 Å². The van der Waals surface area contributed by atoms with E-state index in [9.17, 15) is 43.2 Å². The van der Waals surface area contributed by atoms with Gasteiger partial charge in [0.15, 0.2) is 12.2 Å². The molecule has 0 spiro atoms. The zero-order chi connectivity index (χ0) is 62.2. The second-order valence-corrected chi connectivity index (χ2v) is 26.9. The van der Waals surface area contributed by atoms with Crippen LogP contribution < -0.4 is 0 Å². The fraction of sp³-hybridized carbons (Fsp3) is 0.938. The Hall–Kier alpha value is -1.94. The summed E-state index contributed by atoms with van der Waals surface area (Å²) >= 11 is 0. The summed E-state index contributed by atoms with van der Waals surface area (Å²) in [7, 11) is -9.87. The average Bonchev–Trinajstić information content (AvgIpc) is 3.50. The normalized spacial score (nSPS) is 14.9. The van der Waals surface area contributed by atoms with Crippen molar-refractivity contribution >= 4 is 39.5 Å². The third kappa shape index (κ3) is 56.6. The molecule has 17 nitrogen and oxygen atoms in total. The first-order chi connectivity index (χ1) is 40.4. The van der Waals surface area contributed by atoms with Crippen molar-refractivity contribution in [2.45, 2.75) is 342 Å². The van der Waals surface area contributed by atoms with Gasteiger partial charge in [0, 0.05) is 25.7 Å². The molecule has 0 aromatic heterocycles. The highest BCUT2D eigenvalue weighted by Gasteiger charge is 2.30. The van der Waals surface area contributed by atoms with E-state index in [4.69, 9.17) is 37.0 Å². The molecule has 0 saturated carbocycles. The third-order valence-corrected chi connectivity index (χ3v) is 17.6. The van der Waals surface area contributed by atoms with Gasteiger partial charge in [0.2, 0.25) is 0 Å². The van der Waals surface area contributed by atoms with Crippen molar-refractivity contribution in [2.75, 3.05) is 39.6 Å². The summed E-state index contributed by atoms with van der Waals surface area (Å²) in [5.41, 5.74) is 0. The lowest BCUT2D eigenvalue weighted by Gasteiger charge is -2.21. The van der Waals surface area contributed by atoms with E-state index < -0.39 is 97.5 Å². The summed E-state index contributed by atoms with van der Waals surface area (Å²) < 4.78 is 67.7. The first-order valence-electron chi connectivity index (χ1n) is 34.1. The van der Waals surface area contributed by atoms with Crippen molar-refractivity contribution in [3.8, 4) is 0 Å². The highest BCUT2D eigenvalue weighted by molar-refractivity contribution is 7.47. The average molecular weight is 1240 g/mol. The molecule has 3 N–H and O–H groups in total. The minimum atomic E-state index is -4.94. The molecule has 0 fully saturated rings. The van der Waals surface area contributed by atoms with E-state index in [0.717, 1.165) is 127 Å². The van der Waals surface area contributed by atoms with Gasteiger partial charge in [-0.05, 0) is 37.5 Å². The van der Waals surface area contributed by atoms with Gasteiger partial charge in [0.05, 0.1) is 26.4 Å². The zero-order valence-electron chi connectivity index (χ0n) is 54.2. The Labute approximate surface area is 511 Å². The van der Waals surface area contributed by atoms with Gasteiger partial charge in [-0.3, -0.25) is 37.3 Å². The van der Waals surface area contributed by atoms with Crippen LogP contribution in [-0.4, -0.2) is 96.7 Å². The Bertz CT molecular complexity index is 1650. The Morgan fingerprint density at radius 1 is 0.333 bits per heavy atom. The number of hydrogen-bond acceptors (Lipinski definition) is 15. The number of aliphatic hydroxyl groups excluding tert-OH is 1. The van der Waals surface area contributed by atoms with Gasteiger partial charge in [-0.2, -0.15) is 0 Å². The van der Waals surface area contributed by atoms with Gasteiger partial charge < -0.3 is 33.8 Å². The molecule has 0 aliphatic rings. The van der Waals surface area contributed by atoms with Crippen LogP contribution in [0.4, 0.5) is 0 Å². The molecule has 0 amide bonds. The van der Waals surface area contributed by atoms with Gasteiger partial charge in [-0.25, -0.2) is 9.13 Å². The Morgan fingerprint density at radius 2 is 0.571 bits per heavy atom. The van der Waals surface area contributed by atoms with Crippen molar-refractivity contribution in [2.24, 2.45) is 11.8 Å². The lowest BCUT2D eigenvalue weighted by atomic mass is 9.99. The quantitative estimate of drug-likeness (QED) is 0.0222. The molecule has 0 bridgehead atoms. The highest BCUT2D eigenvalue weighted by atomic mass is 31.2. The van der Waals surface area contributed by atoms with Crippen LogP contribution in [0.5, 0.6) is 0 Å². The monoisotopic (exact) mass is 1240 g/mol. The maximum Gasteiger partial charge on any atom is 0.472 e. The van der Waals surface area contributed by atoms with Gasteiger partial charge >= 0.3 is 39.5 Å². The van der Waals surface area contributed by atoms with Crippen LogP contribution in [0.1, 0.15) is 324 Å². The Kier molecular flexibility index (Phi) is 56.2. The Balaban J connectivity index is 5.04. The first kappa shape index (κ1) is 82.1. The van der Waals surface area contributed by atoms with Crippen LogP contribution in [-0.2, 0) is 65.4 Å². The number of carbonyl (C=O) groups excluding carboxylic acids is 4. The van der Waals surface area contributed by atoms with Gasteiger partial charge in [0.25, 0.3) is 0 Å². The molecule has 84 heavy (non-hydrogen) atoms. The van der Waals surface area contributed by atoms with Crippen molar-refractivity contribution in [3.63, 3.8) is 0 Å². The number of rotatable bonds is 64. The smallest absolute Gasteiger partial charge is 0.462 e.